The lowest BCUT2D eigenvalue weighted by Gasteiger charge is -2.02. The van der Waals surface area contributed by atoms with Crippen LogP contribution in [-0.2, 0) is 6.42 Å². The summed E-state index contributed by atoms with van der Waals surface area (Å²) >= 11 is 4.73. The van der Waals surface area contributed by atoms with Gasteiger partial charge in [-0.05, 0) is 12.0 Å². The van der Waals surface area contributed by atoms with Crippen molar-refractivity contribution in [1.82, 2.24) is 0 Å². The molecule has 2 heteroatoms. The molecule has 0 bridgehead atoms. The van der Waals surface area contributed by atoms with Crippen molar-refractivity contribution in [2.45, 2.75) is 13.3 Å². The first-order chi connectivity index (χ1) is 5.29. The highest BCUT2D eigenvalue weighted by atomic mass is 32.1. The molecule has 0 aliphatic rings. The Kier molecular flexibility index (Phi) is 2.60. The molecule has 0 atom stereocenters. The highest BCUT2D eigenvalue weighted by Crippen LogP contribution is 2.20. The van der Waals surface area contributed by atoms with E-state index < -0.39 is 0 Å². The number of rotatable bonds is 2. The van der Waals surface area contributed by atoms with Crippen molar-refractivity contribution >= 4 is 17.6 Å². The van der Waals surface area contributed by atoms with Crippen LogP contribution in [0.5, 0.6) is 5.75 Å². The van der Waals surface area contributed by atoms with Gasteiger partial charge < -0.3 is 5.11 Å². The smallest absolute Gasteiger partial charge is 0.126 e. The molecule has 1 rings (SSSR count). The molecule has 58 valence electrons. The minimum Gasteiger partial charge on any atom is -0.507 e. The van der Waals surface area contributed by atoms with Crippen LogP contribution in [0.2, 0.25) is 0 Å². The number of phenols is 1. The average Bonchev–Trinajstić information content (AvgIpc) is 2.05. The quantitative estimate of drug-likeness (QED) is 0.680. The van der Waals surface area contributed by atoms with Crippen molar-refractivity contribution in [3.63, 3.8) is 0 Å². The van der Waals surface area contributed by atoms with Crippen LogP contribution in [0.3, 0.4) is 0 Å². The van der Waals surface area contributed by atoms with E-state index in [1.807, 2.05) is 25.1 Å². The van der Waals surface area contributed by atoms with E-state index in [2.05, 4.69) is 0 Å². The lowest BCUT2D eigenvalue weighted by Crippen LogP contribution is -1.86. The molecular weight excluding hydrogens is 156 g/mol. The number of phenolic OH excluding ortho intramolecular Hbond substituents is 1. The van der Waals surface area contributed by atoms with E-state index in [9.17, 15) is 5.11 Å². The van der Waals surface area contributed by atoms with E-state index in [-0.39, 0.29) is 0 Å². The number of hydrogen-bond donors (Lipinski definition) is 1. The van der Waals surface area contributed by atoms with Gasteiger partial charge in [-0.25, -0.2) is 0 Å². The second-order valence-corrected chi connectivity index (χ2v) is 2.56. The summed E-state index contributed by atoms with van der Waals surface area (Å²) in [5.41, 5.74) is 1.68. The maximum atomic E-state index is 9.49. The third kappa shape index (κ3) is 1.57. The molecule has 1 N–H and O–H groups in total. The third-order valence-corrected chi connectivity index (χ3v) is 1.91. The van der Waals surface area contributed by atoms with Crippen molar-refractivity contribution in [3.8, 4) is 5.75 Å². The summed E-state index contributed by atoms with van der Waals surface area (Å²) in [5.74, 6) is 0.324. The van der Waals surface area contributed by atoms with E-state index in [4.69, 9.17) is 12.2 Å². The van der Waals surface area contributed by atoms with Gasteiger partial charge in [-0.2, -0.15) is 0 Å². The van der Waals surface area contributed by atoms with Crippen molar-refractivity contribution < 1.29 is 5.11 Å². The number of para-hydroxylation sites is 1. The first kappa shape index (κ1) is 8.21. The fourth-order valence-corrected chi connectivity index (χ4v) is 1.18. The van der Waals surface area contributed by atoms with Crippen LogP contribution in [-0.4, -0.2) is 10.5 Å². The number of benzene rings is 1. The summed E-state index contributed by atoms with van der Waals surface area (Å²) < 4.78 is 0. The minimum absolute atomic E-state index is 0.324. The first-order valence-electron chi connectivity index (χ1n) is 3.55. The summed E-state index contributed by atoms with van der Waals surface area (Å²) in [6.45, 7) is 2.00. The summed E-state index contributed by atoms with van der Waals surface area (Å²) in [5, 5.41) is 11.0. The van der Waals surface area contributed by atoms with Crippen molar-refractivity contribution in [2.75, 3.05) is 0 Å². The zero-order valence-corrected chi connectivity index (χ0v) is 7.19. The summed E-state index contributed by atoms with van der Waals surface area (Å²) in [6, 6.07) is 5.61. The molecule has 0 fully saturated rings. The van der Waals surface area contributed by atoms with E-state index in [0.29, 0.717) is 5.75 Å². The van der Waals surface area contributed by atoms with Gasteiger partial charge in [0, 0.05) is 10.9 Å². The van der Waals surface area contributed by atoms with Crippen LogP contribution in [0.1, 0.15) is 18.1 Å². The number of hydrogen-bond acceptors (Lipinski definition) is 2. The van der Waals surface area contributed by atoms with Crippen molar-refractivity contribution in [1.29, 1.82) is 0 Å². The fraction of sp³-hybridized carbons (Fsp3) is 0.222. The predicted molar refractivity (Wildman–Crippen MR) is 50.2 cm³/mol. The minimum atomic E-state index is 0.324. The lowest BCUT2D eigenvalue weighted by molar-refractivity contribution is 0.468. The Labute approximate surface area is 71.7 Å². The number of aromatic hydroxyl groups is 1. The summed E-state index contributed by atoms with van der Waals surface area (Å²) in [6.07, 6.45) is 0.836. The lowest BCUT2D eigenvalue weighted by atomic mass is 10.1. The molecule has 0 aliphatic carbocycles. The molecule has 0 aromatic heterocycles. The Morgan fingerprint density at radius 3 is 2.82 bits per heavy atom. The normalized spacial score (nSPS) is 9.55. The zero-order valence-electron chi connectivity index (χ0n) is 6.37. The van der Waals surface area contributed by atoms with Gasteiger partial charge in [0.2, 0.25) is 0 Å². The van der Waals surface area contributed by atoms with Crippen molar-refractivity contribution in [2.24, 2.45) is 0 Å². The maximum Gasteiger partial charge on any atom is 0.126 e. The molecule has 0 aliphatic heterocycles. The number of aryl methyl sites for hydroxylation is 1. The third-order valence-electron chi connectivity index (χ3n) is 1.66. The Morgan fingerprint density at radius 2 is 2.27 bits per heavy atom. The van der Waals surface area contributed by atoms with Crippen LogP contribution in [0.25, 0.3) is 0 Å². The van der Waals surface area contributed by atoms with Crippen LogP contribution in [0, 0.1) is 0 Å². The van der Waals surface area contributed by atoms with Gasteiger partial charge in [0.25, 0.3) is 0 Å². The second-order valence-electron chi connectivity index (χ2n) is 2.33. The van der Waals surface area contributed by atoms with E-state index in [1.165, 1.54) is 5.37 Å². The summed E-state index contributed by atoms with van der Waals surface area (Å²) in [4.78, 5) is 0. The van der Waals surface area contributed by atoms with Gasteiger partial charge in [0.15, 0.2) is 0 Å². The Balaban J connectivity index is 3.20. The van der Waals surface area contributed by atoms with Gasteiger partial charge in [-0.3, -0.25) is 0 Å². The molecule has 0 saturated heterocycles. The SMILES string of the molecule is CCc1cccc(C=S)c1O. The zero-order chi connectivity index (χ0) is 8.27. The molecule has 0 radical (unpaired) electrons. The molecule has 11 heavy (non-hydrogen) atoms. The molecule has 0 heterocycles. The topological polar surface area (TPSA) is 20.2 Å². The highest BCUT2D eigenvalue weighted by molar-refractivity contribution is 7.79. The van der Waals surface area contributed by atoms with Crippen LogP contribution >= 0.6 is 12.2 Å². The Morgan fingerprint density at radius 1 is 1.55 bits per heavy atom. The molecule has 0 amide bonds. The molecular formula is C9H10OS. The van der Waals surface area contributed by atoms with Gasteiger partial charge in [0.1, 0.15) is 5.75 Å². The molecule has 1 nitrogen and oxygen atoms in total. The standard InChI is InChI=1S/C9H10OS/c1-2-7-4-3-5-8(6-11)9(7)10/h3-6,10H,2H2,1H3. The largest absolute Gasteiger partial charge is 0.507 e. The van der Waals surface area contributed by atoms with E-state index >= 15 is 0 Å². The van der Waals surface area contributed by atoms with Gasteiger partial charge in [-0.1, -0.05) is 37.3 Å². The Hall–Kier alpha value is -0.890. The van der Waals surface area contributed by atoms with Gasteiger partial charge in [-0.15, -0.1) is 0 Å². The van der Waals surface area contributed by atoms with Gasteiger partial charge in [0.05, 0.1) is 0 Å². The van der Waals surface area contributed by atoms with Crippen molar-refractivity contribution in [3.05, 3.63) is 29.3 Å². The highest BCUT2D eigenvalue weighted by Gasteiger charge is 2.01. The molecule has 0 unspecified atom stereocenters. The number of thiocarbonyl (C=S) groups is 1. The average molecular weight is 166 g/mol. The van der Waals surface area contributed by atoms with E-state index in [1.54, 1.807) is 0 Å². The first-order valence-corrected chi connectivity index (χ1v) is 4.02. The fourth-order valence-electron chi connectivity index (χ4n) is 0.992. The second kappa shape index (κ2) is 3.49. The molecule has 1 aromatic rings. The van der Waals surface area contributed by atoms with Crippen LogP contribution in [0.15, 0.2) is 18.2 Å². The molecule has 0 spiro atoms. The van der Waals surface area contributed by atoms with Crippen LogP contribution in [0.4, 0.5) is 0 Å². The summed E-state index contributed by atoms with van der Waals surface area (Å²) in [7, 11) is 0. The predicted octanol–water partition coefficient (Wildman–Crippen LogP) is 2.30. The maximum absolute atomic E-state index is 9.49. The Bertz CT molecular complexity index is 268. The monoisotopic (exact) mass is 166 g/mol. The molecule has 0 saturated carbocycles. The van der Waals surface area contributed by atoms with Crippen LogP contribution < -0.4 is 0 Å². The van der Waals surface area contributed by atoms with Gasteiger partial charge >= 0.3 is 0 Å². The van der Waals surface area contributed by atoms with E-state index in [0.717, 1.165) is 17.5 Å². The molecule has 1 aromatic carbocycles.